The lowest BCUT2D eigenvalue weighted by molar-refractivity contribution is -0.136. The van der Waals surface area contributed by atoms with Crippen molar-refractivity contribution in [2.45, 2.75) is 40.2 Å². The standard InChI is InChI=1S/C16H18O5/c1-8(2)20-13-6-5-11-9(3)12(7-14(17)18)16(19)21-15(11)10(13)4/h5-6,8H,7H2,1-4H3,(H,17,18). The van der Waals surface area contributed by atoms with Crippen molar-refractivity contribution in [2.24, 2.45) is 0 Å². The summed E-state index contributed by atoms with van der Waals surface area (Å²) >= 11 is 0. The third-order valence-electron chi connectivity index (χ3n) is 3.34. The average Bonchev–Trinajstić information content (AvgIpc) is 2.38. The molecule has 2 rings (SSSR count). The van der Waals surface area contributed by atoms with Crippen LogP contribution in [0.1, 0.15) is 30.5 Å². The number of carbonyl (C=O) groups is 1. The summed E-state index contributed by atoms with van der Waals surface area (Å²) in [5, 5.41) is 9.62. The van der Waals surface area contributed by atoms with Crippen LogP contribution in [0.2, 0.25) is 0 Å². The number of hydrogen-bond donors (Lipinski definition) is 1. The molecule has 0 saturated heterocycles. The normalized spacial score (nSPS) is 11.1. The summed E-state index contributed by atoms with van der Waals surface area (Å²) in [6.07, 6.45) is -0.326. The Morgan fingerprint density at radius 2 is 1.95 bits per heavy atom. The maximum atomic E-state index is 12.0. The fraction of sp³-hybridized carbons (Fsp3) is 0.375. The van der Waals surface area contributed by atoms with Gasteiger partial charge in [0.25, 0.3) is 0 Å². The maximum Gasteiger partial charge on any atom is 0.340 e. The third kappa shape index (κ3) is 2.91. The molecule has 0 atom stereocenters. The van der Waals surface area contributed by atoms with Gasteiger partial charge in [0.2, 0.25) is 0 Å². The molecular weight excluding hydrogens is 272 g/mol. The molecule has 5 nitrogen and oxygen atoms in total. The lowest BCUT2D eigenvalue weighted by Crippen LogP contribution is -2.15. The number of benzene rings is 1. The summed E-state index contributed by atoms with van der Waals surface area (Å²) < 4.78 is 11.0. The molecule has 0 fully saturated rings. The van der Waals surface area contributed by atoms with E-state index in [1.54, 1.807) is 13.0 Å². The van der Waals surface area contributed by atoms with Crippen molar-refractivity contribution in [3.63, 3.8) is 0 Å². The number of aryl methyl sites for hydroxylation is 2. The van der Waals surface area contributed by atoms with Crippen molar-refractivity contribution < 1.29 is 19.1 Å². The molecule has 0 spiro atoms. The quantitative estimate of drug-likeness (QED) is 0.876. The summed E-state index contributed by atoms with van der Waals surface area (Å²) in [6, 6.07) is 3.61. The zero-order chi connectivity index (χ0) is 15.7. The van der Waals surface area contributed by atoms with Gasteiger partial charge >= 0.3 is 11.6 Å². The van der Waals surface area contributed by atoms with E-state index in [4.69, 9.17) is 14.3 Å². The Morgan fingerprint density at radius 1 is 1.29 bits per heavy atom. The van der Waals surface area contributed by atoms with E-state index in [1.807, 2.05) is 26.8 Å². The van der Waals surface area contributed by atoms with E-state index in [9.17, 15) is 9.59 Å². The second kappa shape index (κ2) is 5.60. The van der Waals surface area contributed by atoms with Gasteiger partial charge in [-0.25, -0.2) is 4.79 Å². The molecule has 1 heterocycles. The van der Waals surface area contributed by atoms with Gasteiger partial charge in [0.1, 0.15) is 11.3 Å². The predicted octanol–water partition coefficient (Wildman–Crippen LogP) is 2.82. The van der Waals surface area contributed by atoms with Crippen LogP contribution in [-0.4, -0.2) is 17.2 Å². The van der Waals surface area contributed by atoms with Gasteiger partial charge in [-0.05, 0) is 45.4 Å². The molecule has 1 aromatic carbocycles. The van der Waals surface area contributed by atoms with Gasteiger partial charge < -0.3 is 14.3 Å². The van der Waals surface area contributed by atoms with E-state index in [1.165, 1.54) is 0 Å². The lowest BCUT2D eigenvalue weighted by Gasteiger charge is -2.14. The van der Waals surface area contributed by atoms with E-state index in [2.05, 4.69) is 0 Å². The Balaban J connectivity index is 2.69. The smallest absolute Gasteiger partial charge is 0.340 e. The number of carboxylic acid groups (broad SMARTS) is 1. The molecular formula is C16H18O5. The average molecular weight is 290 g/mol. The first-order valence-electron chi connectivity index (χ1n) is 6.75. The molecule has 21 heavy (non-hydrogen) atoms. The minimum atomic E-state index is -1.05. The molecule has 1 N–H and O–H groups in total. The minimum Gasteiger partial charge on any atom is -0.491 e. The molecule has 0 aliphatic rings. The molecule has 0 radical (unpaired) electrons. The Morgan fingerprint density at radius 3 is 2.52 bits per heavy atom. The topological polar surface area (TPSA) is 76.7 Å². The highest BCUT2D eigenvalue weighted by Crippen LogP contribution is 2.30. The van der Waals surface area contributed by atoms with Crippen LogP contribution < -0.4 is 10.4 Å². The van der Waals surface area contributed by atoms with Crippen molar-refractivity contribution in [2.75, 3.05) is 0 Å². The van der Waals surface area contributed by atoms with Gasteiger partial charge in [0, 0.05) is 10.9 Å². The monoisotopic (exact) mass is 290 g/mol. The highest BCUT2D eigenvalue weighted by atomic mass is 16.5. The highest BCUT2D eigenvalue weighted by molar-refractivity contribution is 5.86. The summed E-state index contributed by atoms with van der Waals surface area (Å²) in [7, 11) is 0. The van der Waals surface area contributed by atoms with Gasteiger partial charge in [-0.1, -0.05) is 0 Å². The van der Waals surface area contributed by atoms with Crippen molar-refractivity contribution >= 4 is 16.9 Å². The second-order valence-corrected chi connectivity index (χ2v) is 5.30. The van der Waals surface area contributed by atoms with Gasteiger partial charge in [-0.2, -0.15) is 0 Å². The van der Waals surface area contributed by atoms with Crippen LogP contribution in [-0.2, 0) is 11.2 Å². The number of aliphatic carboxylic acids is 1. The number of rotatable bonds is 4. The zero-order valence-electron chi connectivity index (χ0n) is 12.5. The summed E-state index contributed by atoms with van der Waals surface area (Å²) in [4.78, 5) is 22.9. The van der Waals surface area contributed by atoms with E-state index in [0.29, 0.717) is 16.9 Å². The van der Waals surface area contributed by atoms with E-state index in [0.717, 1.165) is 10.9 Å². The molecule has 0 bridgehead atoms. The maximum absolute atomic E-state index is 12.0. The van der Waals surface area contributed by atoms with Gasteiger partial charge in [0.15, 0.2) is 0 Å². The van der Waals surface area contributed by atoms with Crippen LogP contribution in [0.15, 0.2) is 21.3 Å². The number of ether oxygens (including phenoxy) is 1. The zero-order valence-corrected chi connectivity index (χ0v) is 12.5. The fourth-order valence-corrected chi connectivity index (χ4v) is 2.31. The number of hydrogen-bond acceptors (Lipinski definition) is 4. The molecule has 1 aromatic heterocycles. The Hall–Kier alpha value is -2.30. The van der Waals surface area contributed by atoms with Gasteiger partial charge in [-0.15, -0.1) is 0 Å². The van der Waals surface area contributed by atoms with E-state index < -0.39 is 11.6 Å². The first-order chi connectivity index (χ1) is 9.81. The summed E-state index contributed by atoms with van der Waals surface area (Å²) in [6.45, 7) is 7.39. The first-order valence-corrected chi connectivity index (χ1v) is 6.75. The van der Waals surface area contributed by atoms with E-state index in [-0.39, 0.29) is 18.1 Å². The Labute approximate surface area is 122 Å². The van der Waals surface area contributed by atoms with Crippen molar-refractivity contribution in [3.05, 3.63) is 39.2 Å². The van der Waals surface area contributed by atoms with Gasteiger partial charge in [-0.3, -0.25) is 4.79 Å². The number of fused-ring (bicyclic) bond motifs is 1. The van der Waals surface area contributed by atoms with Crippen molar-refractivity contribution in [1.29, 1.82) is 0 Å². The predicted molar refractivity (Wildman–Crippen MR) is 79.1 cm³/mol. The third-order valence-corrected chi connectivity index (χ3v) is 3.34. The number of carboxylic acids is 1. The Bertz CT molecular complexity index is 755. The molecule has 0 aliphatic carbocycles. The van der Waals surface area contributed by atoms with Crippen molar-refractivity contribution in [3.8, 4) is 5.75 Å². The molecule has 0 amide bonds. The molecule has 0 aliphatic heterocycles. The van der Waals surface area contributed by atoms with Crippen molar-refractivity contribution in [1.82, 2.24) is 0 Å². The van der Waals surface area contributed by atoms with Crippen LogP contribution in [0, 0.1) is 13.8 Å². The van der Waals surface area contributed by atoms with Crippen LogP contribution >= 0.6 is 0 Å². The molecule has 2 aromatic rings. The van der Waals surface area contributed by atoms with Crippen LogP contribution in [0.3, 0.4) is 0 Å². The second-order valence-electron chi connectivity index (χ2n) is 5.30. The lowest BCUT2D eigenvalue weighted by atomic mass is 10.0. The van der Waals surface area contributed by atoms with Gasteiger partial charge in [0.05, 0.1) is 18.1 Å². The molecule has 0 saturated carbocycles. The Kier molecular flexibility index (Phi) is 4.02. The summed E-state index contributed by atoms with van der Waals surface area (Å²) in [5.74, 6) is -0.396. The van der Waals surface area contributed by atoms with E-state index >= 15 is 0 Å². The molecule has 0 unspecified atom stereocenters. The van der Waals surface area contributed by atoms with Crippen LogP contribution in [0.4, 0.5) is 0 Å². The fourth-order valence-electron chi connectivity index (χ4n) is 2.31. The van der Waals surface area contributed by atoms with Crippen LogP contribution in [0.25, 0.3) is 11.0 Å². The largest absolute Gasteiger partial charge is 0.491 e. The minimum absolute atomic E-state index is 0.0141. The molecule has 112 valence electrons. The SMILES string of the molecule is Cc1c(CC(=O)O)c(=O)oc2c(C)c(OC(C)C)ccc12. The molecule has 5 heteroatoms. The first kappa shape index (κ1) is 15.1. The summed E-state index contributed by atoms with van der Waals surface area (Å²) in [5.41, 5.74) is 1.41. The highest BCUT2D eigenvalue weighted by Gasteiger charge is 2.17. The van der Waals surface area contributed by atoms with Crippen LogP contribution in [0.5, 0.6) is 5.75 Å².